The van der Waals surface area contributed by atoms with Gasteiger partial charge in [0, 0.05) is 11.7 Å². The molecular formula is C21H21F3N8O2. The first-order valence-corrected chi connectivity index (χ1v) is 10.7. The molecule has 3 aromatic heterocycles. The van der Waals surface area contributed by atoms with Crippen molar-refractivity contribution < 1.29 is 22.8 Å². The van der Waals surface area contributed by atoms with Gasteiger partial charge in [-0.1, -0.05) is 0 Å². The normalized spacial score (nSPS) is 19.9. The third-order valence-electron chi connectivity index (χ3n) is 6.04. The fourth-order valence-electron chi connectivity index (χ4n) is 3.99. The second-order valence-corrected chi connectivity index (χ2v) is 8.74. The number of fused-ring (bicyclic) bond motifs is 2. The number of nitrogens with two attached hydrogens (primary N) is 1. The van der Waals surface area contributed by atoms with E-state index >= 15 is 0 Å². The molecule has 34 heavy (non-hydrogen) atoms. The van der Waals surface area contributed by atoms with Crippen LogP contribution in [0.5, 0.6) is 0 Å². The van der Waals surface area contributed by atoms with E-state index in [2.05, 4.69) is 30.7 Å². The SMILES string of the molecule is Cc1ccc2c(-c3nc(N)c4c(n3)NC(=O)C4(C)C(=O)NC3CC3)nn(CCC(F)(F)F)c2n1. The smallest absolute Gasteiger partial charge is 0.383 e. The van der Waals surface area contributed by atoms with Gasteiger partial charge in [0.15, 0.2) is 16.9 Å². The number of hydrogen-bond acceptors (Lipinski definition) is 7. The van der Waals surface area contributed by atoms with Crippen LogP contribution in [0, 0.1) is 6.92 Å². The third-order valence-corrected chi connectivity index (χ3v) is 6.04. The van der Waals surface area contributed by atoms with Gasteiger partial charge in [-0.2, -0.15) is 18.3 Å². The molecular weight excluding hydrogens is 453 g/mol. The number of aromatic nitrogens is 5. The highest BCUT2D eigenvalue weighted by Crippen LogP contribution is 2.42. The van der Waals surface area contributed by atoms with Gasteiger partial charge in [-0.3, -0.25) is 9.59 Å². The Kier molecular flexibility index (Phi) is 4.78. The van der Waals surface area contributed by atoms with Crippen LogP contribution < -0.4 is 16.4 Å². The van der Waals surface area contributed by atoms with Gasteiger partial charge in [0.25, 0.3) is 0 Å². The number of aryl methyl sites for hydroxylation is 2. The minimum Gasteiger partial charge on any atom is -0.383 e. The summed E-state index contributed by atoms with van der Waals surface area (Å²) in [6, 6.07) is 3.40. The number of hydrogen-bond donors (Lipinski definition) is 3. The molecule has 4 heterocycles. The molecule has 0 aromatic carbocycles. The highest BCUT2D eigenvalue weighted by atomic mass is 19.4. The van der Waals surface area contributed by atoms with Crippen LogP contribution in [0.25, 0.3) is 22.6 Å². The summed E-state index contributed by atoms with van der Waals surface area (Å²) in [6.45, 7) is 2.74. The lowest BCUT2D eigenvalue weighted by Crippen LogP contribution is -2.48. The van der Waals surface area contributed by atoms with E-state index in [0.29, 0.717) is 11.1 Å². The fourth-order valence-corrected chi connectivity index (χ4v) is 3.99. The first-order chi connectivity index (χ1) is 16.0. The number of nitrogen functional groups attached to an aromatic ring is 1. The standard InChI is InChI=1S/C21H21F3N8O2/c1-9-3-6-11-13(31-32(17(11)26-9)8-7-21(22,23)24)16-28-14(25)12-15(29-16)30-19(34)20(12,2)18(33)27-10-4-5-10/h3,6,10H,4-5,7-8H2,1-2H3,(H,27,33)(H3,25,28,29,30,34). The summed E-state index contributed by atoms with van der Waals surface area (Å²) in [4.78, 5) is 38.7. The number of pyridine rings is 1. The number of amides is 2. The molecule has 5 rings (SSSR count). The maximum atomic E-state index is 12.9. The predicted molar refractivity (Wildman–Crippen MR) is 116 cm³/mol. The predicted octanol–water partition coefficient (Wildman–Crippen LogP) is 2.22. The van der Waals surface area contributed by atoms with Crippen molar-refractivity contribution in [1.29, 1.82) is 0 Å². The number of carbonyl (C=O) groups excluding carboxylic acids is 2. The Hall–Kier alpha value is -3.77. The van der Waals surface area contributed by atoms with E-state index in [-0.39, 0.29) is 40.4 Å². The van der Waals surface area contributed by atoms with Gasteiger partial charge in [-0.15, -0.1) is 0 Å². The van der Waals surface area contributed by atoms with Crippen LogP contribution in [0.4, 0.5) is 24.8 Å². The van der Waals surface area contributed by atoms with E-state index in [1.807, 2.05) is 0 Å². The molecule has 0 saturated heterocycles. The molecule has 1 atom stereocenters. The number of nitrogens with one attached hydrogen (secondary N) is 2. The molecule has 1 saturated carbocycles. The summed E-state index contributed by atoms with van der Waals surface area (Å²) in [6.07, 6.45) is -3.76. The molecule has 1 fully saturated rings. The molecule has 1 unspecified atom stereocenters. The van der Waals surface area contributed by atoms with Crippen LogP contribution in [-0.2, 0) is 21.5 Å². The Bertz CT molecular complexity index is 1350. The van der Waals surface area contributed by atoms with Crippen LogP contribution >= 0.6 is 0 Å². The van der Waals surface area contributed by atoms with Gasteiger partial charge in [0.05, 0.1) is 23.9 Å². The number of rotatable bonds is 5. The first-order valence-electron chi connectivity index (χ1n) is 10.7. The number of carbonyl (C=O) groups is 2. The maximum absolute atomic E-state index is 12.9. The summed E-state index contributed by atoms with van der Waals surface area (Å²) >= 11 is 0. The van der Waals surface area contributed by atoms with Gasteiger partial charge in [0.2, 0.25) is 11.8 Å². The molecule has 178 valence electrons. The zero-order valence-electron chi connectivity index (χ0n) is 18.3. The minimum atomic E-state index is -4.37. The molecule has 13 heteroatoms. The second kappa shape index (κ2) is 7.37. The van der Waals surface area contributed by atoms with Crippen LogP contribution in [0.3, 0.4) is 0 Å². The summed E-state index contributed by atoms with van der Waals surface area (Å²) in [7, 11) is 0. The van der Waals surface area contributed by atoms with Crippen LogP contribution in [0.1, 0.15) is 37.4 Å². The monoisotopic (exact) mass is 474 g/mol. The van der Waals surface area contributed by atoms with Crippen molar-refractivity contribution >= 4 is 34.5 Å². The van der Waals surface area contributed by atoms with E-state index in [0.717, 1.165) is 17.5 Å². The van der Waals surface area contributed by atoms with Gasteiger partial charge in [-0.25, -0.2) is 19.6 Å². The molecule has 1 aliphatic heterocycles. The molecule has 0 radical (unpaired) electrons. The Morgan fingerprint density at radius 2 is 2.03 bits per heavy atom. The minimum absolute atomic E-state index is 0.00446. The molecule has 3 aromatic rings. The highest BCUT2D eigenvalue weighted by molar-refractivity contribution is 6.21. The van der Waals surface area contributed by atoms with Crippen molar-refractivity contribution in [1.82, 2.24) is 30.0 Å². The molecule has 1 aliphatic carbocycles. The Balaban J connectivity index is 1.59. The van der Waals surface area contributed by atoms with Crippen LogP contribution in [0.2, 0.25) is 0 Å². The van der Waals surface area contributed by atoms with Gasteiger partial charge in [-0.05, 0) is 38.8 Å². The van der Waals surface area contributed by atoms with Gasteiger partial charge >= 0.3 is 6.18 Å². The quantitative estimate of drug-likeness (QED) is 0.482. The van der Waals surface area contributed by atoms with Crippen molar-refractivity contribution in [3.05, 3.63) is 23.4 Å². The Labute approximate surface area is 191 Å². The van der Waals surface area contributed by atoms with Gasteiger partial charge in [0.1, 0.15) is 17.3 Å². The zero-order chi connectivity index (χ0) is 24.4. The molecule has 2 aliphatic rings. The average molecular weight is 474 g/mol. The molecule has 2 amide bonds. The van der Waals surface area contributed by atoms with E-state index in [1.165, 1.54) is 6.92 Å². The summed E-state index contributed by atoms with van der Waals surface area (Å²) in [5.74, 6) is -1.10. The lowest BCUT2D eigenvalue weighted by Gasteiger charge is -2.21. The number of nitrogens with zero attached hydrogens (tertiary/aromatic N) is 5. The van der Waals surface area contributed by atoms with Crippen molar-refractivity contribution in [2.75, 3.05) is 11.1 Å². The van der Waals surface area contributed by atoms with Crippen LogP contribution in [0.15, 0.2) is 12.1 Å². The molecule has 10 nitrogen and oxygen atoms in total. The molecule has 0 spiro atoms. The highest BCUT2D eigenvalue weighted by Gasteiger charge is 2.53. The van der Waals surface area contributed by atoms with Crippen molar-refractivity contribution in [3.8, 4) is 11.5 Å². The van der Waals surface area contributed by atoms with Crippen molar-refractivity contribution in [2.24, 2.45) is 0 Å². The number of anilines is 2. The largest absolute Gasteiger partial charge is 0.390 e. The number of alkyl halides is 3. The topological polar surface area (TPSA) is 141 Å². The summed E-state index contributed by atoms with van der Waals surface area (Å²) in [5, 5.41) is 10.1. The molecule has 4 N–H and O–H groups in total. The number of halogens is 3. The summed E-state index contributed by atoms with van der Waals surface area (Å²) < 4.78 is 39.7. The first kappa shape index (κ1) is 22.0. The van der Waals surface area contributed by atoms with E-state index in [4.69, 9.17) is 5.73 Å². The Morgan fingerprint density at radius 1 is 1.29 bits per heavy atom. The Morgan fingerprint density at radius 3 is 2.71 bits per heavy atom. The molecule has 0 bridgehead atoms. The second-order valence-electron chi connectivity index (χ2n) is 8.74. The lowest BCUT2D eigenvalue weighted by molar-refractivity contribution is -0.137. The lowest BCUT2D eigenvalue weighted by atomic mass is 9.83. The van der Waals surface area contributed by atoms with E-state index in [9.17, 15) is 22.8 Å². The van der Waals surface area contributed by atoms with Crippen molar-refractivity contribution in [3.63, 3.8) is 0 Å². The van der Waals surface area contributed by atoms with Gasteiger partial charge < -0.3 is 16.4 Å². The zero-order valence-corrected chi connectivity index (χ0v) is 18.3. The maximum Gasteiger partial charge on any atom is 0.390 e. The van der Waals surface area contributed by atoms with Crippen LogP contribution in [-0.4, -0.2) is 48.8 Å². The van der Waals surface area contributed by atoms with E-state index < -0.39 is 36.4 Å². The van der Waals surface area contributed by atoms with Crippen molar-refractivity contribution in [2.45, 2.75) is 57.3 Å². The fraction of sp³-hybridized carbons (Fsp3) is 0.429. The van der Waals surface area contributed by atoms with E-state index in [1.54, 1.807) is 19.1 Å². The average Bonchev–Trinajstić information content (AvgIpc) is 3.43. The summed E-state index contributed by atoms with van der Waals surface area (Å²) in [5.41, 5.74) is 5.78. The third kappa shape index (κ3) is 3.60.